The van der Waals surface area contributed by atoms with Crippen LogP contribution >= 0.6 is 11.6 Å². The van der Waals surface area contributed by atoms with Gasteiger partial charge in [-0.25, -0.2) is 0 Å². The Labute approximate surface area is 99.0 Å². The average molecular weight is 238 g/mol. The predicted molar refractivity (Wildman–Crippen MR) is 62.6 cm³/mol. The quantitative estimate of drug-likeness (QED) is 0.753. The van der Waals surface area contributed by atoms with Crippen LogP contribution in [0.4, 0.5) is 5.69 Å². The van der Waals surface area contributed by atoms with Gasteiger partial charge in [0.15, 0.2) is 5.78 Å². The maximum atomic E-state index is 11.7. The van der Waals surface area contributed by atoms with E-state index in [9.17, 15) is 9.59 Å². The number of anilines is 1. The van der Waals surface area contributed by atoms with Gasteiger partial charge in [0, 0.05) is 24.6 Å². The molecule has 0 aromatic heterocycles. The molecule has 1 saturated heterocycles. The predicted octanol–water partition coefficient (Wildman–Crippen LogP) is 1.85. The number of hydrogen-bond acceptors (Lipinski definition) is 2. The van der Waals surface area contributed by atoms with Crippen LogP contribution in [0.3, 0.4) is 0 Å². The molecule has 1 heterocycles. The van der Waals surface area contributed by atoms with Crippen molar-refractivity contribution in [3.05, 3.63) is 30.3 Å². The highest BCUT2D eigenvalue weighted by Crippen LogP contribution is 2.25. The zero-order chi connectivity index (χ0) is 11.5. The Balaban J connectivity index is 2.14. The lowest BCUT2D eigenvalue weighted by Crippen LogP contribution is -2.25. The molecular weight excluding hydrogens is 226 g/mol. The normalized spacial score (nSPS) is 20.2. The Morgan fingerprint density at radius 3 is 2.69 bits per heavy atom. The Morgan fingerprint density at radius 2 is 2.06 bits per heavy atom. The number of para-hydroxylation sites is 1. The molecule has 0 radical (unpaired) electrons. The van der Waals surface area contributed by atoms with Gasteiger partial charge in [0.1, 0.15) is 0 Å². The first kappa shape index (κ1) is 11.1. The SMILES string of the molecule is O=C(CCl)C1CC(=O)N(c2ccccc2)C1. The van der Waals surface area contributed by atoms with Gasteiger partial charge < -0.3 is 4.90 Å². The average Bonchev–Trinajstić information content (AvgIpc) is 2.71. The first-order valence-electron chi connectivity index (χ1n) is 5.16. The summed E-state index contributed by atoms with van der Waals surface area (Å²) in [6.07, 6.45) is 0.278. The standard InChI is InChI=1S/C12H12ClNO2/c13-7-11(15)9-6-12(16)14(8-9)10-4-2-1-3-5-10/h1-5,9H,6-8H2. The maximum absolute atomic E-state index is 11.7. The number of rotatable bonds is 3. The molecule has 1 aliphatic heterocycles. The lowest BCUT2D eigenvalue weighted by atomic mass is 10.1. The third-order valence-electron chi connectivity index (χ3n) is 2.78. The monoisotopic (exact) mass is 237 g/mol. The van der Waals surface area contributed by atoms with Gasteiger partial charge in [-0.2, -0.15) is 0 Å². The lowest BCUT2D eigenvalue weighted by Gasteiger charge is -2.15. The first-order chi connectivity index (χ1) is 7.72. The van der Waals surface area contributed by atoms with Gasteiger partial charge in [0.2, 0.25) is 5.91 Å². The molecule has 1 fully saturated rings. The number of Topliss-reactive ketones (excluding diaryl/α,β-unsaturated/α-hetero) is 1. The molecule has 0 bridgehead atoms. The van der Waals surface area contributed by atoms with Crippen molar-refractivity contribution in [3.8, 4) is 0 Å². The van der Waals surface area contributed by atoms with E-state index in [-0.39, 0.29) is 29.9 Å². The number of carbonyl (C=O) groups excluding carboxylic acids is 2. The zero-order valence-electron chi connectivity index (χ0n) is 8.73. The summed E-state index contributed by atoms with van der Waals surface area (Å²) in [4.78, 5) is 24.8. The molecule has 84 valence electrons. The number of ketones is 1. The summed E-state index contributed by atoms with van der Waals surface area (Å²) in [5, 5.41) is 0. The lowest BCUT2D eigenvalue weighted by molar-refractivity contribution is -0.122. The van der Waals surface area contributed by atoms with Crippen molar-refractivity contribution < 1.29 is 9.59 Å². The molecule has 0 aliphatic carbocycles. The first-order valence-corrected chi connectivity index (χ1v) is 5.70. The van der Waals surface area contributed by atoms with Gasteiger partial charge in [0.05, 0.1) is 5.88 Å². The van der Waals surface area contributed by atoms with Crippen LogP contribution in [0.2, 0.25) is 0 Å². The smallest absolute Gasteiger partial charge is 0.227 e. The highest BCUT2D eigenvalue weighted by molar-refractivity contribution is 6.28. The van der Waals surface area contributed by atoms with Crippen LogP contribution < -0.4 is 4.90 Å². The van der Waals surface area contributed by atoms with Crippen LogP contribution in [0, 0.1) is 5.92 Å². The summed E-state index contributed by atoms with van der Waals surface area (Å²) in [6.45, 7) is 0.453. The molecule has 0 spiro atoms. The van der Waals surface area contributed by atoms with E-state index in [4.69, 9.17) is 11.6 Å². The van der Waals surface area contributed by atoms with Crippen LogP contribution in [0.1, 0.15) is 6.42 Å². The summed E-state index contributed by atoms with van der Waals surface area (Å²) in [5.41, 5.74) is 0.845. The molecule has 1 amide bonds. The van der Waals surface area contributed by atoms with Crippen LogP contribution in [0.15, 0.2) is 30.3 Å². The van der Waals surface area contributed by atoms with Crippen LogP contribution in [-0.4, -0.2) is 24.1 Å². The van der Waals surface area contributed by atoms with Gasteiger partial charge in [-0.3, -0.25) is 9.59 Å². The third kappa shape index (κ3) is 2.09. The Morgan fingerprint density at radius 1 is 1.38 bits per heavy atom. The summed E-state index contributed by atoms with van der Waals surface area (Å²) >= 11 is 5.49. The van der Waals surface area contributed by atoms with Crippen LogP contribution in [0.5, 0.6) is 0 Å². The number of benzene rings is 1. The third-order valence-corrected chi connectivity index (χ3v) is 3.04. The molecule has 1 aromatic rings. The van der Waals surface area contributed by atoms with Crippen LogP contribution in [-0.2, 0) is 9.59 Å². The fraction of sp³-hybridized carbons (Fsp3) is 0.333. The van der Waals surface area contributed by atoms with Crippen LogP contribution in [0.25, 0.3) is 0 Å². The van der Waals surface area contributed by atoms with Crippen molar-refractivity contribution in [1.29, 1.82) is 0 Å². The molecule has 16 heavy (non-hydrogen) atoms. The highest BCUT2D eigenvalue weighted by Gasteiger charge is 2.34. The Hall–Kier alpha value is -1.35. The van der Waals surface area contributed by atoms with Crippen molar-refractivity contribution >= 4 is 29.0 Å². The number of amides is 1. The summed E-state index contributed by atoms with van der Waals surface area (Å²) in [5.74, 6) is -0.311. The van der Waals surface area contributed by atoms with Gasteiger partial charge in [-0.15, -0.1) is 11.6 Å². The number of halogens is 1. The van der Waals surface area contributed by atoms with Gasteiger partial charge in [-0.05, 0) is 12.1 Å². The number of nitrogens with zero attached hydrogens (tertiary/aromatic N) is 1. The number of alkyl halides is 1. The summed E-state index contributed by atoms with van der Waals surface area (Å²) in [6, 6.07) is 9.38. The van der Waals surface area contributed by atoms with E-state index in [0.717, 1.165) is 5.69 Å². The second kappa shape index (κ2) is 4.66. The molecule has 0 N–H and O–H groups in total. The zero-order valence-corrected chi connectivity index (χ0v) is 9.48. The second-order valence-corrected chi connectivity index (χ2v) is 4.11. The van der Waals surface area contributed by atoms with E-state index in [1.165, 1.54) is 0 Å². The van der Waals surface area contributed by atoms with E-state index in [1.807, 2.05) is 30.3 Å². The molecule has 1 atom stereocenters. The molecular formula is C12H12ClNO2. The van der Waals surface area contributed by atoms with Crippen molar-refractivity contribution in [3.63, 3.8) is 0 Å². The molecule has 1 aromatic carbocycles. The molecule has 1 unspecified atom stereocenters. The van der Waals surface area contributed by atoms with Gasteiger partial charge in [-0.1, -0.05) is 18.2 Å². The van der Waals surface area contributed by atoms with E-state index in [2.05, 4.69) is 0 Å². The molecule has 3 nitrogen and oxygen atoms in total. The minimum absolute atomic E-state index is 0.00494. The number of hydrogen-bond donors (Lipinski definition) is 0. The molecule has 1 aliphatic rings. The number of carbonyl (C=O) groups is 2. The van der Waals surface area contributed by atoms with E-state index in [1.54, 1.807) is 4.90 Å². The maximum Gasteiger partial charge on any atom is 0.227 e. The second-order valence-electron chi connectivity index (χ2n) is 3.84. The highest BCUT2D eigenvalue weighted by atomic mass is 35.5. The largest absolute Gasteiger partial charge is 0.312 e. The molecule has 2 rings (SSSR count). The topological polar surface area (TPSA) is 37.4 Å². The summed E-state index contributed by atoms with van der Waals surface area (Å²) < 4.78 is 0. The van der Waals surface area contributed by atoms with Crippen molar-refractivity contribution in [2.24, 2.45) is 5.92 Å². The Kier molecular flexibility index (Phi) is 3.25. The van der Waals surface area contributed by atoms with E-state index >= 15 is 0 Å². The van der Waals surface area contributed by atoms with E-state index in [0.29, 0.717) is 6.54 Å². The fourth-order valence-electron chi connectivity index (χ4n) is 1.89. The molecule has 4 heteroatoms. The minimum Gasteiger partial charge on any atom is -0.312 e. The summed E-state index contributed by atoms with van der Waals surface area (Å²) in [7, 11) is 0. The fourth-order valence-corrected chi connectivity index (χ4v) is 2.11. The Bertz CT molecular complexity index is 405. The van der Waals surface area contributed by atoms with E-state index < -0.39 is 0 Å². The van der Waals surface area contributed by atoms with Gasteiger partial charge in [0.25, 0.3) is 0 Å². The van der Waals surface area contributed by atoms with Crippen molar-refractivity contribution in [1.82, 2.24) is 0 Å². The van der Waals surface area contributed by atoms with Crippen molar-refractivity contribution in [2.45, 2.75) is 6.42 Å². The molecule has 0 saturated carbocycles. The van der Waals surface area contributed by atoms with Crippen molar-refractivity contribution in [2.75, 3.05) is 17.3 Å². The minimum atomic E-state index is -0.245. The van der Waals surface area contributed by atoms with Gasteiger partial charge >= 0.3 is 0 Å².